The number of thiophene rings is 1. The lowest BCUT2D eigenvalue weighted by Crippen LogP contribution is -2.87. The maximum Gasteiger partial charge on any atom is 0.337 e. The fourth-order valence-corrected chi connectivity index (χ4v) is 4.46. The molecule has 0 bridgehead atoms. The fourth-order valence-electron chi connectivity index (χ4n) is 3.30. The van der Waals surface area contributed by atoms with E-state index in [4.69, 9.17) is 26.4 Å². The van der Waals surface area contributed by atoms with Gasteiger partial charge in [0.2, 0.25) is 0 Å². The Morgan fingerprint density at radius 3 is 2.33 bits per heavy atom. The highest BCUT2D eigenvalue weighted by atomic mass is 32.1. The minimum absolute atomic E-state index is 0.221. The van der Waals surface area contributed by atoms with Crippen LogP contribution in [0.4, 0.5) is 0 Å². The summed E-state index contributed by atoms with van der Waals surface area (Å²) in [6.45, 7) is 13.4. The Labute approximate surface area is 205 Å². The molecule has 3 aliphatic rings. The fraction of sp³-hybridized carbons (Fsp3) is 0.565. The number of esters is 1. The Morgan fingerprint density at radius 1 is 1.27 bits per heavy atom. The van der Waals surface area contributed by atoms with E-state index >= 15 is 0 Å². The summed E-state index contributed by atoms with van der Waals surface area (Å²) in [6, 6.07) is 3.79. The zero-order chi connectivity index (χ0) is 24.1. The molecule has 4 heterocycles. The number of rotatable bonds is 3. The number of carbonyl (C=O) groups is 1. The second-order valence-corrected chi connectivity index (χ2v) is 9.15. The maximum atomic E-state index is 12.4. The Balaban J connectivity index is 0.000000258. The van der Waals surface area contributed by atoms with Crippen LogP contribution in [0.15, 0.2) is 34.4 Å². The van der Waals surface area contributed by atoms with Crippen LogP contribution < -0.4 is 16.0 Å². The largest absolute Gasteiger partial charge is 0.763 e. The molecule has 3 aliphatic heterocycles. The van der Waals surface area contributed by atoms with Crippen LogP contribution in [0.1, 0.15) is 31.6 Å². The van der Waals surface area contributed by atoms with Gasteiger partial charge in [0.15, 0.2) is 0 Å². The van der Waals surface area contributed by atoms with Gasteiger partial charge in [0.1, 0.15) is 4.99 Å². The van der Waals surface area contributed by atoms with Crippen molar-refractivity contribution < 1.29 is 24.3 Å². The number of ether oxygens (including phenoxy) is 3. The van der Waals surface area contributed by atoms with E-state index in [0.717, 1.165) is 57.5 Å². The molecule has 182 valence electrons. The van der Waals surface area contributed by atoms with Crippen molar-refractivity contribution in [1.82, 2.24) is 10.6 Å². The van der Waals surface area contributed by atoms with Crippen LogP contribution in [-0.2, 0) is 19.0 Å². The van der Waals surface area contributed by atoms with Gasteiger partial charge >= 0.3 is 5.97 Å². The molecule has 1 unspecified atom stereocenters. The Bertz CT molecular complexity index is 806. The lowest BCUT2D eigenvalue weighted by molar-refractivity contribution is -0.670. The number of thiocarbonyl (C=S) groups is 1. The molecule has 8 nitrogen and oxygen atoms in total. The molecule has 0 aliphatic carbocycles. The van der Waals surface area contributed by atoms with Gasteiger partial charge in [0.25, 0.3) is 0 Å². The normalized spacial score (nSPS) is 20.5. The number of nitrogens with one attached hydrogen (secondary N) is 2. The maximum absolute atomic E-state index is 12.4. The lowest BCUT2D eigenvalue weighted by Gasteiger charge is -2.29. The lowest BCUT2D eigenvalue weighted by atomic mass is 9.86. The number of hydrogen-bond donors (Lipinski definition) is 3. The number of carbonyl (C=O) groups excluding carboxylic acids is 1. The van der Waals surface area contributed by atoms with Gasteiger partial charge in [-0.05, 0) is 32.2 Å². The highest BCUT2D eigenvalue weighted by Gasteiger charge is 2.35. The molecular weight excluding hydrogens is 460 g/mol. The first-order chi connectivity index (χ1) is 16.0. The molecular formula is C23H34N4O4S2. The smallest absolute Gasteiger partial charge is 0.337 e. The average Bonchev–Trinajstić information content (AvgIpc) is 3.36. The van der Waals surface area contributed by atoms with Crippen molar-refractivity contribution in [2.45, 2.75) is 32.8 Å². The van der Waals surface area contributed by atoms with Gasteiger partial charge in [-0.3, -0.25) is 5.87 Å². The standard InChI is InChI=1S/C15H15N2O2S2.2C4H9NO/c1-8(2)19-15(18)12-9(3)17-14(20)10(7-16)13(12)11-5-4-6-21-11;2*1-3-6-4-2-5-1/h4-6,8,13H,1-3H3,(H,17,20);2*5H,1-4H2/q-1;;/p+1. The van der Waals surface area contributed by atoms with Crippen LogP contribution in [0.3, 0.4) is 0 Å². The van der Waals surface area contributed by atoms with E-state index in [0.29, 0.717) is 21.8 Å². The van der Waals surface area contributed by atoms with Crippen molar-refractivity contribution in [2.24, 2.45) is 0 Å². The highest BCUT2D eigenvalue weighted by Crippen LogP contribution is 2.38. The third kappa shape index (κ3) is 9.10. The van der Waals surface area contributed by atoms with Crippen molar-refractivity contribution in [3.8, 4) is 0 Å². The van der Waals surface area contributed by atoms with Gasteiger partial charge < -0.3 is 35.6 Å². The summed E-state index contributed by atoms with van der Waals surface area (Å²) < 4.78 is 15.4. The quantitative estimate of drug-likeness (QED) is 0.252. The van der Waals surface area contributed by atoms with Crippen molar-refractivity contribution in [3.05, 3.63) is 44.6 Å². The summed E-state index contributed by atoms with van der Waals surface area (Å²) in [5.41, 5.74) is 1.48. The molecule has 4 rings (SSSR count). The minimum atomic E-state index is -0.449. The second-order valence-electron chi connectivity index (χ2n) is 7.76. The first-order valence-electron chi connectivity index (χ1n) is 11.2. The second kappa shape index (κ2) is 15.1. The first kappa shape index (κ1) is 27.3. The van der Waals surface area contributed by atoms with Crippen LogP contribution in [0.5, 0.6) is 0 Å². The van der Waals surface area contributed by atoms with E-state index in [1.807, 2.05) is 17.5 Å². The number of nitrogens with zero attached hydrogens (tertiary/aromatic N) is 1. The van der Waals surface area contributed by atoms with Gasteiger partial charge in [0.05, 0.1) is 57.1 Å². The number of allylic oxidation sites excluding steroid dienone is 1. The number of hydrogen-bond acceptors (Lipinski definition) is 7. The highest BCUT2D eigenvalue weighted by molar-refractivity contribution is 7.80. The van der Waals surface area contributed by atoms with Gasteiger partial charge in [0, 0.05) is 29.2 Å². The molecule has 33 heavy (non-hydrogen) atoms. The van der Waals surface area contributed by atoms with Crippen LogP contribution in [0.25, 0.3) is 5.41 Å². The van der Waals surface area contributed by atoms with E-state index < -0.39 is 11.9 Å². The summed E-state index contributed by atoms with van der Waals surface area (Å²) >= 11 is 6.72. The Morgan fingerprint density at radius 2 is 1.94 bits per heavy atom. The summed E-state index contributed by atoms with van der Waals surface area (Å²) in [5.74, 6) is 1.27. The molecule has 2 fully saturated rings. The molecule has 10 heteroatoms. The summed E-state index contributed by atoms with van der Waals surface area (Å²) in [4.78, 5) is 13.7. The monoisotopic (exact) mass is 494 g/mol. The van der Waals surface area contributed by atoms with Crippen LogP contribution in [0.2, 0.25) is 0 Å². The predicted octanol–water partition coefficient (Wildman–Crippen LogP) is 1.34. The van der Waals surface area contributed by atoms with Crippen LogP contribution in [-0.4, -0.2) is 75.5 Å². The summed E-state index contributed by atoms with van der Waals surface area (Å²) in [7, 11) is 0. The van der Waals surface area contributed by atoms with Crippen molar-refractivity contribution >= 4 is 40.4 Å². The van der Waals surface area contributed by atoms with E-state index in [-0.39, 0.29) is 6.10 Å². The molecule has 0 amide bonds. The molecule has 0 radical (unpaired) electrons. The molecule has 0 saturated carbocycles. The number of nitrogens with two attached hydrogens (primary N) is 1. The van der Waals surface area contributed by atoms with E-state index in [1.54, 1.807) is 20.8 Å². The third-order valence-corrected chi connectivity index (χ3v) is 6.08. The van der Waals surface area contributed by atoms with Crippen molar-refractivity contribution in [1.29, 1.82) is 0 Å². The molecule has 0 spiro atoms. The van der Waals surface area contributed by atoms with Gasteiger partial charge in [-0.1, -0.05) is 18.3 Å². The first-order valence-corrected chi connectivity index (χ1v) is 12.5. The van der Waals surface area contributed by atoms with Crippen LogP contribution >= 0.6 is 23.6 Å². The average molecular weight is 495 g/mol. The molecule has 1 aromatic rings. The molecule has 0 aromatic carbocycles. The molecule has 1 aromatic heterocycles. The molecule has 2 saturated heterocycles. The summed E-state index contributed by atoms with van der Waals surface area (Å²) in [5, 5.41) is 19.7. The third-order valence-electron chi connectivity index (χ3n) is 4.82. The van der Waals surface area contributed by atoms with E-state index in [9.17, 15) is 10.2 Å². The van der Waals surface area contributed by atoms with Gasteiger partial charge in [-0.15, -0.1) is 11.3 Å². The van der Waals surface area contributed by atoms with Gasteiger partial charge in [-0.2, -0.15) is 0 Å². The predicted molar refractivity (Wildman–Crippen MR) is 135 cm³/mol. The Kier molecular flexibility index (Phi) is 12.5. The molecule has 1 atom stereocenters. The number of morpholine rings is 2. The topological polar surface area (TPSA) is 108 Å². The Hall–Kier alpha value is -1.91. The number of quaternary nitrogens is 1. The van der Waals surface area contributed by atoms with Crippen LogP contribution in [0, 0.1) is 0 Å². The summed E-state index contributed by atoms with van der Waals surface area (Å²) in [6.07, 6.45) is -0.221. The van der Waals surface area contributed by atoms with Crippen molar-refractivity contribution in [2.75, 3.05) is 52.6 Å². The SMILES string of the molecule is C1COCCN1.C1COCC[NH2+]1.CC1=C(C(=O)OC(C)C)C(c2cccs2)C(=C=[N-])C(=S)N1. The van der Waals surface area contributed by atoms with Crippen molar-refractivity contribution in [3.63, 3.8) is 0 Å². The minimum Gasteiger partial charge on any atom is -0.763 e. The van der Waals surface area contributed by atoms with E-state index in [1.165, 1.54) is 11.3 Å². The van der Waals surface area contributed by atoms with E-state index in [2.05, 4.69) is 21.8 Å². The zero-order valence-corrected chi connectivity index (χ0v) is 21.2. The van der Waals surface area contributed by atoms with Gasteiger partial charge in [-0.25, -0.2) is 4.79 Å². The molecule has 4 N–H and O–H groups in total. The zero-order valence-electron chi connectivity index (χ0n) is 19.5.